The van der Waals surface area contributed by atoms with Crippen molar-refractivity contribution < 1.29 is 4.74 Å². The van der Waals surface area contributed by atoms with Crippen molar-refractivity contribution in [2.24, 2.45) is 0 Å². The predicted molar refractivity (Wildman–Crippen MR) is 59.2 cm³/mol. The van der Waals surface area contributed by atoms with Gasteiger partial charge in [0.2, 0.25) is 0 Å². The van der Waals surface area contributed by atoms with E-state index in [0.29, 0.717) is 15.8 Å². The molecule has 1 aromatic carbocycles. The lowest BCUT2D eigenvalue weighted by Crippen LogP contribution is -2.01. The Morgan fingerprint density at radius 1 is 1.43 bits per heavy atom. The highest BCUT2D eigenvalue weighted by molar-refractivity contribution is 6.37. The van der Waals surface area contributed by atoms with E-state index < -0.39 is 0 Å². The van der Waals surface area contributed by atoms with E-state index in [9.17, 15) is 0 Å². The maximum absolute atomic E-state index is 6.15. The van der Waals surface area contributed by atoms with Crippen LogP contribution >= 0.6 is 23.2 Å². The standard InChI is InChI=1S/C10H9Cl2NO/c1-2-6-7(11)5-8-10(9(6)12)14-4-3-13-8/h3-5,13H,2H2,1H3. The lowest BCUT2D eigenvalue weighted by Gasteiger charge is -2.17. The molecule has 1 aromatic rings. The highest BCUT2D eigenvalue weighted by Crippen LogP contribution is 2.41. The number of nitrogens with one attached hydrogen (secondary N) is 1. The van der Waals surface area contributed by atoms with Gasteiger partial charge in [-0.05, 0) is 18.1 Å². The average Bonchev–Trinajstić information content (AvgIpc) is 2.18. The van der Waals surface area contributed by atoms with Gasteiger partial charge < -0.3 is 10.1 Å². The second-order valence-electron chi connectivity index (χ2n) is 2.95. The molecule has 4 heteroatoms. The first-order valence-electron chi connectivity index (χ1n) is 4.33. The minimum absolute atomic E-state index is 0.590. The number of ether oxygens (including phenoxy) is 1. The first-order valence-corrected chi connectivity index (χ1v) is 5.08. The van der Waals surface area contributed by atoms with Crippen LogP contribution in [0.1, 0.15) is 12.5 Å². The van der Waals surface area contributed by atoms with Crippen molar-refractivity contribution in [2.75, 3.05) is 5.32 Å². The lowest BCUT2D eigenvalue weighted by molar-refractivity contribution is 0.477. The van der Waals surface area contributed by atoms with Crippen LogP contribution in [-0.4, -0.2) is 0 Å². The summed E-state index contributed by atoms with van der Waals surface area (Å²) in [6.45, 7) is 2.01. The maximum Gasteiger partial charge on any atom is 0.168 e. The Hall–Kier alpha value is -0.860. The minimum atomic E-state index is 0.590. The zero-order valence-electron chi connectivity index (χ0n) is 7.60. The zero-order valence-corrected chi connectivity index (χ0v) is 9.12. The number of halogens is 2. The molecule has 0 bridgehead atoms. The van der Waals surface area contributed by atoms with Crippen LogP contribution in [0.2, 0.25) is 10.0 Å². The van der Waals surface area contributed by atoms with Gasteiger partial charge in [0.1, 0.15) is 6.26 Å². The van der Waals surface area contributed by atoms with Crippen molar-refractivity contribution in [3.8, 4) is 5.75 Å². The summed E-state index contributed by atoms with van der Waals surface area (Å²) in [6.07, 6.45) is 4.04. The summed E-state index contributed by atoms with van der Waals surface area (Å²) in [5.74, 6) is 0.649. The molecule has 0 aliphatic carbocycles. The Kier molecular flexibility index (Phi) is 2.57. The molecule has 0 unspecified atom stereocenters. The van der Waals surface area contributed by atoms with Crippen LogP contribution in [-0.2, 0) is 6.42 Å². The van der Waals surface area contributed by atoms with Crippen LogP contribution < -0.4 is 10.1 Å². The van der Waals surface area contributed by atoms with Crippen molar-refractivity contribution in [2.45, 2.75) is 13.3 Å². The Labute approximate surface area is 92.5 Å². The molecule has 1 N–H and O–H groups in total. The molecule has 0 amide bonds. The predicted octanol–water partition coefficient (Wildman–Crippen LogP) is 3.83. The van der Waals surface area contributed by atoms with Gasteiger partial charge in [0, 0.05) is 11.2 Å². The lowest BCUT2D eigenvalue weighted by atomic mass is 10.1. The SMILES string of the molecule is CCc1c(Cl)cc2c(c1Cl)OC=CN2. The third kappa shape index (κ3) is 1.45. The summed E-state index contributed by atoms with van der Waals surface area (Å²) >= 11 is 12.2. The first kappa shape index (κ1) is 9.69. The fourth-order valence-electron chi connectivity index (χ4n) is 1.41. The van der Waals surface area contributed by atoms with Crippen LogP contribution in [0.5, 0.6) is 5.75 Å². The number of hydrogen-bond donors (Lipinski definition) is 1. The van der Waals surface area contributed by atoms with Gasteiger partial charge in [-0.25, -0.2) is 0 Å². The molecule has 2 nitrogen and oxygen atoms in total. The highest BCUT2D eigenvalue weighted by Gasteiger charge is 2.16. The number of fused-ring (bicyclic) bond motifs is 1. The molecule has 1 aliphatic heterocycles. The van der Waals surface area contributed by atoms with E-state index in [1.54, 1.807) is 12.5 Å². The molecule has 0 saturated carbocycles. The summed E-state index contributed by atoms with van der Waals surface area (Å²) in [5.41, 5.74) is 1.73. The molecule has 74 valence electrons. The van der Waals surface area contributed by atoms with Gasteiger partial charge >= 0.3 is 0 Å². The van der Waals surface area contributed by atoms with E-state index in [4.69, 9.17) is 27.9 Å². The summed E-state index contributed by atoms with van der Waals surface area (Å²) in [5, 5.41) is 4.28. The molecule has 2 rings (SSSR count). The number of anilines is 1. The van der Waals surface area contributed by atoms with Crippen molar-refractivity contribution >= 4 is 28.9 Å². The van der Waals surface area contributed by atoms with Crippen LogP contribution in [0.3, 0.4) is 0 Å². The van der Waals surface area contributed by atoms with E-state index in [1.165, 1.54) is 0 Å². The number of hydrogen-bond acceptors (Lipinski definition) is 2. The van der Waals surface area contributed by atoms with Crippen LogP contribution in [0.4, 0.5) is 5.69 Å². The third-order valence-corrected chi connectivity index (χ3v) is 2.85. The van der Waals surface area contributed by atoms with E-state index >= 15 is 0 Å². The molecule has 0 saturated heterocycles. The molecule has 0 atom stereocenters. The summed E-state index contributed by atoms with van der Waals surface area (Å²) < 4.78 is 5.32. The molecule has 1 aliphatic rings. The van der Waals surface area contributed by atoms with Crippen molar-refractivity contribution in [3.05, 3.63) is 34.1 Å². The summed E-state index contributed by atoms with van der Waals surface area (Å²) in [7, 11) is 0. The number of rotatable bonds is 1. The smallest absolute Gasteiger partial charge is 0.168 e. The van der Waals surface area contributed by atoms with Crippen molar-refractivity contribution in [3.63, 3.8) is 0 Å². The van der Waals surface area contributed by atoms with E-state index in [2.05, 4.69) is 5.32 Å². The van der Waals surface area contributed by atoms with E-state index in [0.717, 1.165) is 17.7 Å². The van der Waals surface area contributed by atoms with Gasteiger partial charge in [-0.3, -0.25) is 0 Å². The Morgan fingerprint density at radius 3 is 2.93 bits per heavy atom. The molecular formula is C10H9Cl2NO. The number of benzene rings is 1. The molecule has 0 spiro atoms. The normalized spacial score (nSPS) is 13.1. The van der Waals surface area contributed by atoms with Gasteiger partial charge in [-0.2, -0.15) is 0 Å². The monoisotopic (exact) mass is 229 g/mol. The second kappa shape index (κ2) is 3.71. The van der Waals surface area contributed by atoms with Gasteiger partial charge in [0.15, 0.2) is 5.75 Å². The fraction of sp³-hybridized carbons (Fsp3) is 0.200. The summed E-state index contributed by atoms with van der Waals surface area (Å²) in [6, 6.07) is 1.82. The molecular weight excluding hydrogens is 221 g/mol. The zero-order chi connectivity index (χ0) is 10.1. The molecule has 1 heterocycles. The largest absolute Gasteiger partial charge is 0.460 e. The van der Waals surface area contributed by atoms with Crippen molar-refractivity contribution in [1.29, 1.82) is 0 Å². The fourth-order valence-corrected chi connectivity index (χ4v) is 2.18. The average molecular weight is 230 g/mol. The Bertz CT molecular complexity index is 402. The minimum Gasteiger partial charge on any atom is -0.460 e. The maximum atomic E-state index is 6.15. The Morgan fingerprint density at radius 2 is 2.21 bits per heavy atom. The molecule has 14 heavy (non-hydrogen) atoms. The molecule has 0 fully saturated rings. The third-order valence-electron chi connectivity index (χ3n) is 2.11. The van der Waals surface area contributed by atoms with Gasteiger partial charge in [-0.1, -0.05) is 30.1 Å². The summed E-state index contributed by atoms with van der Waals surface area (Å²) in [4.78, 5) is 0. The first-order chi connectivity index (χ1) is 6.74. The Balaban J connectivity index is 2.61. The second-order valence-corrected chi connectivity index (χ2v) is 3.73. The van der Waals surface area contributed by atoms with E-state index in [1.807, 2.05) is 13.0 Å². The van der Waals surface area contributed by atoms with Gasteiger partial charge in [0.05, 0.1) is 10.7 Å². The van der Waals surface area contributed by atoms with Crippen LogP contribution in [0.25, 0.3) is 0 Å². The van der Waals surface area contributed by atoms with Gasteiger partial charge in [-0.15, -0.1) is 0 Å². The molecule has 0 aromatic heterocycles. The van der Waals surface area contributed by atoms with Crippen LogP contribution in [0, 0.1) is 0 Å². The van der Waals surface area contributed by atoms with Crippen LogP contribution in [0.15, 0.2) is 18.5 Å². The highest BCUT2D eigenvalue weighted by atomic mass is 35.5. The van der Waals surface area contributed by atoms with Crippen molar-refractivity contribution in [1.82, 2.24) is 0 Å². The molecule has 0 radical (unpaired) electrons. The van der Waals surface area contributed by atoms with Gasteiger partial charge in [0.25, 0.3) is 0 Å². The quantitative estimate of drug-likeness (QED) is 0.791. The topological polar surface area (TPSA) is 21.3 Å². The van der Waals surface area contributed by atoms with E-state index in [-0.39, 0.29) is 0 Å².